The molecule has 1 fully saturated rings. The Labute approximate surface area is 199 Å². The number of carbonyl (C=O) groups is 2. The van der Waals surface area contributed by atoms with Crippen LogP contribution in [-0.4, -0.2) is 34.2 Å². The van der Waals surface area contributed by atoms with Gasteiger partial charge in [-0.05, 0) is 35.8 Å². The van der Waals surface area contributed by atoms with E-state index in [1.165, 1.54) is 4.90 Å². The minimum atomic E-state index is -0.472. The Balaban J connectivity index is 1.75. The minimum Gasteiger partial charge on any atom is -0.488 e. The van der Waals surface area contributed by atoms with Crippen LogP contribution in [0.1, 0.15) is 25.0 Å². The molecule has 1 aliphatic heterocycles. The van der Waals surface area contributed by atoms with Gasteiger partial charge in [-0.15, -0.1) is 0 Å². The Kier molecular flexibility index (Phi) is 8.28. The number of hydrogen-bond acceptors (Lipinski definition) is 6. The average molecular weight is 520 g/mol. The summed E-state index contributed by atoms with van der Waals surface area (Å²) in [5.74, 6) is 0.0839. The summed E-state index contributed by atoms with van der Waals surface area (Å²) < 4.78 is 12.4. The fraction of sp³-hybridized carbons (Fsp3) is 0.261. The Morgan fingerprint density at radius 1 is 1.23 bits per heavy atom. The van der Waals surface area contributed by atoms with E-state index in [0.29, 0.717) is 28.2 Å². The maximum Gasteiger partial charge on any atom is 0.326 e. The zero-order chi connectivity index (χ0) is 22.4. The first-order valence-corrected chi connectivity index (χ1v) is 11.7. The van der Waals surface area contributed by atoms with Gasteiger partial charge in [-0.3, -0.25) is 14.5 Å². The van der Waals surface area contributed by atoms with Gasteiger partial charge in [-0.2, -0.15) is 0 Å². The highest BCUT2D eigenvalue weighted by molar-refractivity contribution is 9.10. The lowest BCUT2D eigenvalue weighted by Crippen LogP contribution is -2.34. The molecule has 1 heterocycles. The number of amides is 1. The van der Waals surface area contributed by atoms with Crippen LogP contribution < -0.4 is 4.74 Å². The molecule has 0 aliphatic carbocycles. The molecule has 0 bridgehead atoms. The predicted molar refractivity (Wildman–Crippen MR) is 131 cm³/mol. The van der Waals surface area contributed by atoms with Gasteiger partial charge in [0.2, 0.25) is 0 Å². The molecule has 0 saturated carbocycles. The number of esters is 1. The standard InChI is InChI=1S/C23H22BrNO4S2/c1-15(2)13-29-21(26)12-25-22(27)20(31-23(25)30)11-17-10-18(24)8-9-19(17)28-14-16-6-4-3-5-7-16/h3-11,15H,12-14H2,1-2H3/b20-11-. The molecule has 31 heavy (non-hydrogen) atoms. The lowest BCUT2D eigenvalue weighted by atomic mass is 10.1. The molecule has 0 aromatic heterocycles. The summed E-state index contributed by atoms with van der Waals surface area (Å²) in [4.78, 5) is 26.6. The summed E-state index contributed by atoms with van der Waals surface area (Å²) in [7, 11) is 0. The Morgan fingerprint density at radius 3 is 2.68 bits per heavy atom. The van der Waals surface area contributed by atoms with Gasteiger partial charge >= 0.3 is 5.97 Å². The van der Waals surface area contributed by atoms with E-state index in [1.807, 2.05) is 62.4 Å². The molecule has 162 valence electrons. The molecule has 1 amide bonds. The highest BCUT2D eigenvalue weighted by Gasteiger charge is 2.34. The van der Waals surface area contributed by atoms with Crippen LogP contribution in [0.4, 0.5) is 0 Å². The van der Waals surface area contributed by atoms with Crippen molar-refractivity contribution in [3.63, 3.8) is 0 Å². The topological polar surface area (TPSA) is 55.8 Å². The van der Waals surface area contributed by atoms with Crippen LogP contribution in [0.25, 0.3) is 6.08 Å². The van der Waals surface area contributed by atoms with E-state index in [2.05, 4.69) is 15.9 Å². The van der Waals surface area contributed by atoms with Gasteiger partial charge in [-0.25, -0.2) is 0 Å². The zero-order valence-electron chi connectivity index (χ0n) is 17.2. The second-order valence-electron chi connectivity index (χ2n) is 7.30. The van der Waals surface area contributed by atoms with E-state index >= 15 is 0 Å². The predicted octanol–water partition coefficient (Wildman–Crippen LogP) is 5.43. The smallest absolute Gasteiger partial charge is 0.326 e. The van der Waals surface area contributed by atoms with E-state index in [9.17, 15) is 9.59 Å². The SMILES string of the molecule is CC(C)COC(=O)CN1C(=O)/C(=C/c2cc(Br)ccc2OCc2ccccc2)SC1=S. The Bertz CT molecular complexity index is 1010. The third kappa shape index (κ3) is 6.66. The van der Waals surface area contributed by atoms with Crippen LogP contribution >= 0.6 is 39.9 Å². The average Bonchev–Trinajstić information content (AvgIpc) is 3.00. The normalized spacial score (nSPS) is 15.1. The number of thioether (sulfide) groups is 1. The second kappa shape index (κ2) is 10.9. The van der Waals surface area contributed by atoms with Crippen LogP contribution in [-0.2, 0) is 20.9 Å². The number of thiocarbonyl (C=S) groups is 1. The lowest BCUT2D eigenvalue weighted by Gasteiger charge is -2.14. The van der Waals surface area contributed by atoms with Crippen molar-refractivity contribution in [2.75, 3.05) is 13.2 Å². The molecule has 8 heteroatoms. The van der Waals surface area contributed by atoms with Crippen molar-refractivity contribution >= 4 is 62.2 Å². The molecule has 0 radical (unpaired) electrons. The molecule has 3 rings (SSSR count). The van der Waals surface area contributed by atoms with Gasteiger partial charge in [0.15, 0.2) is 0 Å². The summed E-state index contributed by atoms with van der Waals surface area (Å²) in [6.07, 6.45) is 1.74. The molecule has 0 N–H and O–H groups in total. The molecule has 5 nitrogen and oxygen atoms in total. The lowest BCUT2D eigenvalue weighted by molar-refractivity contribution is -0.147. The van der Waals surface area contributed by atoms with Gasteiger partial charge in [0, 0.05) is 10.0 Å². The van der Waals surface area contributed by atoms with Crippen LogP contribution in [0.2, 0.25) is 0 Å². The van der Waals surface area contributed by atoms with Crippen LogP contribution in [0.15, 0.2) is 57.9 Å². The number of carbonyl (C=O) groups excluding carboxylic acids is 2. The molecule has 2 aromatic rings. The van der Waals surface area contributed by atoms with Gasteiger partial charge in [0.1, 0.15) is 23.2 Å². The Morgan fingerprint density at radius 2 is 1.97 bits per heavy atom. The van der Waals surface area contributed by atoms with Crippen molar-refractivity contribution in [1.29, 1.82) is 0 Å². The third-order valence-corrected chi connectivity index (χ3v) is 6.11. The minimum absolute atomic E-state index is 0.190. The summed E-state index contributed by atoms with van der Waals surface area (Å²) in [5, 5.41) is 0. The van der Waals surface area contributed by atoms with Gasteiger partial charge in [0.25, 0.3) is 5.91 Å². The van der Waals surface area contributed by atoms with E-state index in [0.717, 1.165) is 27.4 Å². The van der Waals surface area contributed by atoms with E-state index in [-0.39, 0.29) is 18.4 Å². The van der Waals surface area contributed by atoms with Gasteiger partial charge < -0.3 is 9.47 Å². The highest BCUT2D eigenvalue weighted by atomic mass is 79.9. The summed E-state index contributed by atoms with van der Waals surface area (Å²) >= 11 is 9.95. The molecule has 2 aromatic carbocycles. The molecule has 0 unspecified atom stereocenters. The molecule has 1 aliphatic rings. The monoisotopic (exact) mass is 519 g/mol. The number of halogens is 1. The number of rotatable bonds is 8. The molecule has 0 spiro atoms. The number of ether oxygens (including phenoxy) is 2. The summed E-state index contributed by atoms with van der Waals surface area (Å²) in [5.41, 5.74) is 1.79. The number of nitrogens with zero attached hydrogens (tertiary/aromatic N) is 1. The number of hydrogen-bond donors (Lipinski definition) is 0. The largest absolute Gasteiger partial charge is 0.488 e. The third-order valence-electron chi connectivity index (χ3n) is 4.23. The van der Waals surface area contributed by atoms with Crippen molar-refractivity contribution in [2.45, 2.75) is 20.5 Å². The van der Waals surface area contributed by atoms with E-state index in [1.54, 1.807) is 6.08 Å². The number of benzene rings is 2. The van der Waals surface area contributed by atoms with Crippen LogP contribution in [0, 0.1) is 5.92 Å². The molecule has 0 atom stereocenters. The summed E-state index contributed by atoms with van der Waals surface area (Å²) in [6, 6.07) is 15.5. The molecular weight excluding hydrogens is 498 g/mol. The fourth-order valence-corrected chi connectivity index (χ4v) is 4.34. The maximum atomic E-state index is 12.9. The fourth-order valence-electron chi connectivity index (χ4n) is 2.71. The molecule has 1 saturated heterocycles. The van der Waals surface area contributed by atoms with Crippen molar-refractivity contribution in [1.82, 2.24) is 4.90 Å². The van der Waals surface area contributed by atoms with Crippen molar-refractivity contribution in [2.24, 2.45) is 5.92 Å². The van der Waals surface area contributed by atoms with E-state index in [4.69, 9.17) is 21.7 Å². The van der Waals surface area contributed by atoms with Gasteiger partial charge in [0.05, 0.1) is 11.5 Å². The van der Waals surface area contributed by atoms with E-state index < -0.39 is 5.97 Å². The van der Waals surface area contributed by atoms with Crippen LogP contribution in [0.5, 0.6) is 5.75 Å². The first-order chi connectivity index (χ1) is 14.8. The first kappa shape index (κ1) is 23.5. The van der Waals surface area contributed by atoms with Crippen LogP contribution in [0.3, 0.4) is 0 Å². The zero-order valence-corrected chi connectivity index (χ0v) is 20.4. The second-order valence-corrected chi connectivity index (χ2v) is 9.89. The maximum absolute atomic E-state index is 12.9. The van der Waals surface area contributed by atoms with Crippen molar-refractivity contribution in [3.8, 4) is 5.75 Å². The quantitative estimate of drug-likeness (QED) is 0.263. The Hall–Kier alpha value is -2.16. The highest BCUT2D eigenvalue weighted by Crippen LogP contribution is 2.35. The van der Waals surface area contributed by atoms with Crippen molar-refractivity contribution < 1.29 is 19.1 Å². The molecular formula is C23H22BrNO4S2. The summed E-state index contributed by atoms with van der Waals surface area (Å²) in [6.45, 7) is 4.43. The van der Waals surface area contributed by atoms with Crippen molar-refractivity contribution in [3.05, 3.63) is 69.0 Å². The first-order valence-electron chi connectivity index (χ1n) is 9.70. The van der Waals surface area contributed by atoms with Gasteiger partial charge in [-0.1, -0.05) is 84.1 Å².